The zero-order valence-electron chi connectivity index (χ0n) is 11.3. The molecule has 1 fully saturated rings. The Morgan fingerprint density at radius 1 is 1.42 bits per heavy atom. The molecule has 3 N–H and O–H groups in total. The molecule has 0 aromatic heterocycles. The van der Waals surface area contributed by atoms with Gasteiger partial charge in [-0.25, -0.2) is 9.59 Å². The Kier molecular flexibility index (Phi) is 6.58. The fourth-order valence-corrected chi connectivity index (χ4v) is 1.89. The Bertz CT molecular complexity index is 310. The third kappa shape index (κ3) is 5.89. The highest BCUT2D eigenvalue weighted by atomic mass is 16.5. The van der Waals surface area contributed by atoms with Crippen molar-refractivity contribution in [3.8, 4) is 0 Å². The summed E-state index contributed by atoms with van der Waals surface area (Å²) in [6.45, 7) is 5.13. The predicted molar refractivity (Wildman–Crippen MR) is 68.0 cm³/mol. The summed E-state index contributed by atoms with van der Waals surface area (Å²) in [5.74, 6) is -0.947. The highest BCUT2D eigenvalue weighted by molar-refractivity contribution is 5.74. The number of aliphatic carboxylic acids is 1. The van der Waals surface area contributed by atoms with Gasteiger partial charge in [0.15, 0.2) is 6.10 Å². The molecular weight excluding hydrogens is 252 g/mol. The van der Waals surface area contributed by atoms with E-state index in [1.165, 1.54) is 0 Å². The number of carbonyl (C=O) groups is 2. The largest absolute Gasteiger partial charge is 0.479 e. The van der Waals surface area contributed by atoms with Crippen LogP contribution in [0.3, 0.4) is 0 Å². The van der Waals surface area contributed by atoms with Gasteiger partial charge in [0.05, 0.1) is 12.2 Å². The molecule has 0 aromatic carbocycles. The monoisotopic (exact) mass is 274 g/mol. The first-order valence-electron chi connectivity index (χ1n) is 6.54. The molecule has 1 rings (SSSR count). The summed E-state index contributed by atoms with van der Waals surface area (Å²) in [4.78, 5) is 22.2. The lowest BCUT2D eigenvalue weighted by molar-refractivity contribution is -0.149. The maximum absolute atomic E-state index is 11.5. The highest BCUT2D eigenvalue weighted by Crippen LogP contribution is 2.18. The van der Waals surface area contributed by atoms with Crippen molar-refractivity contribution < 1.29 is 24.2 Å². The number of ether oxygens (including phenoxy) is 2. The lowest BCUT2D eigenvalue weighted by Crippen LogP contribution is -2.42. The van der Waals surface area contributed by atoms with Gasteiger partial charge in [-0.05, 0) is 26.7 Å². The number of carbonyl (C=O) groups excluding carboxylic acids is 1. The van der Waals surface area contributed by atoms with Gasteiger partial charge >= 0.3 is 12.0 Å². The summed E-state index contributed by atoms with van der Waals surface area (Å²) in [5.41, 5.74) is 0. The molecule has 110 valence electrons. The Balaban J connectivity index is 2.12. The molecule has 0 bridgehead atoms. The van der Waals surface area contributed by atoms with E-state index in [1.807, 2.05) is 13.8 Å². The zero-order valence-corrected chi connectivity index (χ0v) is 11.3. The molecule has 3 unspecified atom stereocenters. The molecule has 0 aliphatic carbocycles. The Morgan fingerprint density at radius 3 is 2.74 bits per heavy atom. The van der Waals surface area contributed by atoms with Crippen LogP contribution >= 0.6 is 0 Å². The standard InChI is InChI=1S/C12H22N2O5/c1-3-18-8(2)6-13-12(17)14-7-9-4-5-10(19-9)11(15)16/h8-10H,3-7H2,1-2H3,(H,15,16)(H2,13,14,17). The summed E-state index contributed by atoms with van der Waals surface area (Å²) in [7, 11) is 0. The molecule has 0 saturated carbocycles. The molecule has 0 aromatic rings. The minimum Gasteiger partial charge on any atom is -0.479 e. The lowest BCUT2D eigenvalue weighted by atomic mass is 10.2. The molecule has 19 heavy (non-hydrogen) atoms. The zero-order chi connectivity index (χ0) is 14.3. The van der Waals surface area contributed by atoms with Crippen LogP contribution in [0.25, 0.3) is 0 Å². The van der Waals surface area contributed by atoms with E-state index in [1.54, 1.807) is 0 Å². The van der Waals surface area contributed by atoms with Gasteiger partial charge in [-0.2, -0.15) is 0 Å². The number of carboxylic acid groups (broad SMARTS) is 1. The number of urea groups is 1. The summed E-state index contributed by atoms with van der Waals surface area (Å²) in [6, 6.07) is -0.297. The molecule has 7 heteroatoms. The van der Waals surface area contributed by atoms with Gasteiger partial charge in [-0.1, -0.05) is 0 Å². The van der Waals surface area contributed by atoms with Crippen LogP contribution in [-0.2, 0) is 14.3 Å². The summed E-state index contributed by atoms with van der Waals surface area (Å²) in [5, 5.41) is 14.1. The van der Waals surface area contributed by atoms with Crippen LogP contribution in [0.15, 0.2) is 0 Å². The maximum Gasteiger partial charge on any atom is 0.332 e. The normalized spacial score (nSPS) is 23.9. The van der Waals surface area contributed by atoms with Crippen LogP contribution in [0, 0.1) is 0 Å². The topological polar surface area (TPSA) is 96.9 Å². The van der Waals surface area contributed by atoms with Crippen LogP contribution < -0.4 is 10.6 Å². The Morgan fingerprint density at radius 2 is 2.16 bits per heavy atom. The fourth-order valence-electron chi connectivity index (χ4n) is 1.89. The smallest absolute Gasteiger partial charge is 0.332 e. The van der Waals surface area contributed by atoms with Crippen molar-refractivity contribution in [1.82, 2.24) is 10.6 Å². The second-order valence-corrected chi connectivity index (χ2v) is 4.52. The first kappa shape index (κ1) is 15.7. The quantitative estimate of drug-likeness (QED) is 0.622. The van der Waals surface area contributed by atoms with Gasteiger partial charge in [0.1, 0.15) is 0 Å². The molecule has 3 atom stereocenters. The fraction of sp³-hybridized carbons (Fsp3) is 0.833. The van der Waals surface area contributed by atoms with E-state index >= 15 is 0 Å². The van der Waals surface area contributed by atoms with E-state index in [-0.39, 0.29) is 18.2 Å². The van der Waals surface area contributed by atoms with E-state index in [9.17, 15) is 9.59 Å². The van der Waals surface area contributed by atoms with Gasteiger partial charge in [0, 0.05) is 19.7 Å². The average Bonchev–Trinajstić information content (AvgIpc) is 2.83. The summed E-state index contributed by atoms with van der Waals surface area (Å²) >= 11 is 0. The third-order valence-corrected chi connectivity index (χ3v) is 2.87. The molecule has 1 aliphatic rings. The van der Waals surface area contributed by atoms with Crippen LogP contribution in [0.5, 0.6) is 0 Å². The first-order valence-corrected chi connectivity index (χ1v) is 6.54. The van der Waals surface area contributed by atoms with Crippen molar-refractivity contribution in [2.75, 3.05) is 19.7 Å². The van der Waals surface area contributed by atoms with Gasteiger partial charge in [-0.15, -0.1) is 0 Å². The number of hydrogen-bond acceptors (Lipinski definition) is 4. The van der Waals surface area contributed by atoms with Crippen LogP contribution in [0.2, 0.25) is 0 Å². The van der Waals surface area contributed by atoms with Crippen molar-refractivity contribution >= 4 is 12.0 Å². The molecule has 0 radical (unpaired) electrons. The summed E-state index contributed by atoms with van der Waals surface area (Å²) < 4.78 is 10.5. The second kappa shape index (κ2) is 7.96. The lowest BCUT2D eigenvalue weighted by Gasteiger charge is -2.15. The van der Waals surface area contributed by atoms with Crippen LogP contribution in [0.1, 0.15) is 26.7 Å². The second-order valence-electron chi connectivity index (χ2n) is 4.52. The van der Waals surface area contributed by atoms with Crippen LogP contribution in [-0.4, -0.2) is 55.1 Å². The third-order valence-electron chi connectivity index (χ3n) is 2.87. The maximum atomic E-state index is 11.5. The minimum absolute atomic E-state index is 0.0325. The van der Waals surface area contributed by atoms with Crippen molar-refractivity contribution in [2.24, 2.45) is 0 Å². The number of carboxylic acids is 1. The SMILES string of the molecule is CCOC(C)CNC(=O)NCC1CCC(C(=O)O)O1. The van der Waals surface area contributed by atoms with Crippen molar-refractivity contribution in [1.29, 1.82) is 0 Å². The number of hydrogen-bond donors (Lipinski definition) is 3. The number of amides is 2. The predicted octanol–water partition coefficient (Wildman–Crippen LogP) is 0.343. The Hall–Kier alpha value is -1.34. The number of nitrogens with one attached hydrogen (secondary N) is 2. The van der Waals surface area contributed by atoms with Gasteiger partial charge in [0.25, 0.3) is 0 Å². The number of rotatable bonds is 7. The van der Waals surface area contributed by atoms with Crippen molar-refractivity contribution in [2.45, 2.75) is 45.0 Å². The summed E-state index contributed by atoms with van der Waals surface area (Å²) in [6.07, 6.45) is 0.135. The molecular formula is C12H22N2O5. The average molecular weight is 274 g/mol. The van der Waals surface area contributed by atoms with Gasteiger partial charge < -0.3 is 25.2 Å². The molecule has 1 saturated heterocycles. The molecule has 1 heterocycles. The minimum atomic E-state index is -0.947. The van der Waals surface area contributed by atoms with Crippen LogP contribution in [0.4, 0.5) is 4.79 Å². The molecule has 2 amide bonds. The van der Waals surface area contributed by atoms with E-state index in [2.05, 4.69) is 10.6 Å². The van der Waals surface area contributed by atoms with Crippen molar-refractivity contribution in [3.05, 3.63) is 0 Å². The van der Waals surface area contributed by atoms with Gasteiger partial charge in [-0.3, -0.25) is 0 Å². The molecule has 1 aliphatic heterocycles. The van der Waals surface area contributed by atoms with E-state index < -0.39 is 12.1 Å². The molecule has 7 nitrogen and oxygen atoms in total. The van der Waals surface area contributed by atoms with E-state index in [4.69, 9.17) is 14.6 Å². The van der Waals surface area contributed by atoms with Crippen molar-refractivity contribution in [3.63, 3.8) is 0 Å². The Labute approximate surface area is 112 Å². The highest BCUT2D eigenvalue weighted by Gasteiger charge is 2.30. The first-order chi connectivity index (χ1) is 9.02. The van der Waals surface area contributed by atoms with E-state index in [0.29, 0.717) is 32.5 Å². The molecule has 0 spiro atoms. The van der Waals surface area contributed by atoms with Gasteiger partial charge in [0.2, 0.25) is 0 Å². The van der Waals surface area contributed by atoms with E-state index in [0.717, 1.165) is 0 Å².